The molecule has 3 unspecified atom stereocenters. The maximum absolute atomic E-state index is 9.79. The molecule has 3 atom stereocenters. The smallest absolute Gasteiger partial charge is 0.214 e. The van der Waals surface area contributed by atoms with Gasteiger partial charge in [0.15, 0.2) is 0 Å². The third kappa shape index (κ3) is 1.85. The second-order valence-electron chi connectivity index (χ2n) is 5.87. The monoisotopic (exact) mass is 278 g/mol. The minimum Gasteiger partial charge on any atom is -0.393 e. The number of fused-ring (bicyclic) bond motifs is 2. The Morgan fingerprint density at radius 2 is 2.16 bits per heavy atom. The van der Waals surface area contributed by atoms with Crippen LogP contribution in [0.3, 0.4) is 0 Å². The lowest BCUT2D eigenvalue weighted by molar-refractivity contribution is 0.0867. The molecule has 2 aromatic heterocycles. The summed E-state index contributed by atoms with van der Waals surface area (Å²) < 4.78 is 1.93. The van der Waals surface area contributed by atoms with E-state index in [2.05, 4.69) is 15.0 Å². The Kier molecular flexibility index (Phi) is 2.57. The van der Waals surface area contributed by atoms with Crippen LogP contribution in [0.2, 0.25) is 0 Å². The standard InChI is InChI=1S/C13H18N4OS/c1-8-5-14-12-17(8)15-13(19-12)16-6-9-2-3-11(18)4-10(9)7-16/h5,9-11,18H,2-4,6-7H2,1H3. The first kappa shape index (κ1) is 11.7. The first-order valence-corrected chi connectivity index (χ1v) is 7.76. The van der Waals surface area contributed by atoms with E-state index in [4.69, 9.17) is 0 Å². The third-order valence-corrected chi connectivity index (χ3v) is 5.52. The maximum atomic E-state index is 9.79. The average molecular weight is 278 g/mol. The highest BCUT2D eigenvalue weighted by Crippen LogP contribution is 2.39. The van der Waals surface area contributed by atoms with Crippen LogP contribution in [-0.4, -0.2) is 38.9 Å². The summed E-state index contributed by atoms with van der Waals surface area (Å²) in [5.41, 5.74) is 1.09. The summed E-state index contributed by atoms with van der Waals surface area (Å²) in [6.45, 7) is 4.16. The molecule has 1 N–H and O–H groups in total. The van der Waals surface area contributed by atoms with Crippen LogP contribution in [0.5, 0.6) is 0 Å². The van der Waals surface area contributed by atoms with E-state index in [1.54, 1.807) is 11.3 Å². The fraction of sp³-hybridized carbons (Fsp3) is 0.692. The lowest BCUT2D eigenvalue weighted by Gasteiger charge is -2.27. The Balaban J connectivity index is 1.59. The minimum absolute atomic E-state index is 0.0861. The molecule has 0 aromatic carbocycles. The highest BCUT2D eigenvalue weighted by molar-refractivity contribution is 7.20. The van der Waals surface area contributed by atoms with Gasteiger partial charge in [-0.2, -0.15) is 0 Å². The van der Waals surface area contributed by atoms with Crippen molar-refractivity contribution in [2.75, 3.05) is 18.0 Å². The van der Waals surface area contributed by atoms with Gasteiger partial charge in [-0.1, -0.05) is 11.3 Å². The Morgan fingerprint density at radius 1 is 1.32 bits per heavy atom. The number of anilines is 1. The molecule has 1 saturated heterocycles. The van der Waals surface area contributed by atoms with Crippen molar-refractivity contribution in [3.8, 4) is 0 Å². The zero-order valence-corrected chi connectivity index (χ0v) is 11.8. The molecule has 0 radical (unpaired) electrons. The van der Waals surface area contributed by atoms with Crippen molar-refractivity contribution in [1.29, 1.82) is 0 Å². The van der Waals surface area contributed by atoms with Crippen molar-refractivity contribution < 1.29 is 5.11 Å². The molecule has 0 amide bonds. The van der Waals surface area contributed by atoms with Gasteiger partial charge in [0.25, 0.3) is 0 Å². The second kappa shape index (κ2) is 4.18. The van der Waals surface area contributed by atoms with Crippen LogP contribution < -0.4 is 4.90 Å². The van der Waals surface area contributed by atoms with Gasteiger partial charge in [-0.15, -0.1) is 5.10 Å². The van der Waals surface area contributed by atoms with E-state index in [-0.39, 0.29) is 6.10 Å². The molecule has 5 nitrogen and oxygen atoms in total. The van der Waals surface area contributed by atoms with Crippen molar-refractivity contribution in [3.05, 3.63) is 11.9 Å². The first-order chi connectivity index (χ1) is 9.20. The second-order valence-corrected chi connectivity index (χ2v) is 6.81. The summed E-state index contributed by atoms with van der Waals surface area (Å²) in [6, 6.07) is 0. The highest BCUT2D eigenvalue weighted by atomic mass is 32.1. The van der Waals surface area contributed by atoms with E-state index in [1.165, 1.54) is 0 Å². The van der Waals surface area contributed by atoms with E-state index < -0.39 is 0 Å². The number of nitrogens with zero attached hydrogens (tertiary/aromatic N) is 4. The maximum Gasteiger partial charge on any atom is 0.214 e. The van der Waals surface area contributed by atoms with Crippen molar-refractivity contribution in [1.82, 2.24) is 14.6 Å². The molecule has 2 aromatic rings. The summed E-state index contributed by atoms with van der Waals surface area (Å²) in [5, 5.41) is 15.5. The van der Waals surface area contributed by atoms with Crippen molar-refractivity contribution in [2.24, 2.45) is 11.8 Å². The number of rotatable bonds is 1. The number of aliphatic hydroxyl groups is 1. The molecule has 0 bridgehead atoms. The van der Waals surface area contributed by atoms with Gasteiger partial charge in [-0.3, -0.25) is 0 Å². The molecule has 4 rings (SSSR count). The van der Waals surface area contributed by atoms with Crippen LogP contribution in [0, 0.1) is 18.8 Å². The van der Waals surface area contributed by atoms with Crippen LogP contribution in [0.4, 0.5) is 5.13 Å². The molecule has 1 aliphatic carbocycles. The average Bonchev–Trinajstić information content (AvgIpc) is 3.04. The fourth-order valence-electron chi connectivity index (χ4n) is 3.48. The minimum atomic E-state index is -0.0861. The molecule has 102 valence electrons. The van der Waals surface area contributed by atoms with Crippen molar-refractivity contribution in [3.63, 3.8) is 0 Å². The Bertz CT molecular complexity index is 607. The summed E-state index contributed by atoms with van der Waals surface area (Å²) in [6.07, 6.45) is 4.86. The largest absolute Gasteiger partial charge is 0.393 e. The Labute approximate surface area is 115 Å². The Hall–Kier alpha value is -1.14. The number of hydrogen-bond acceptors (Lipinski definition) is 5. The molecule has 1 aliphatic heterocycles. The summed E-state index contributed by atoms with van der Waals surface area (Å²) >= 11 is 1.67. The molecular weight excluding hydrogens is 260 g/mol. The van der Waals surface area contributed by atoms with Gasteiger partial charge in [0, 0.05) is 13.1 Å². The number of hydrogen-bond donors (Lipinski definition) is 1. The zero-order valence-electron chi connectivity index (χ0n) is 11.0. The molecule has 2 aliphatic rings. The molecule has 1 saturated carbocycles. The Morgan fingerprint density at radius 3 is 3.00 bits per heavy atom. The SMILES string of the molecule is Cc1cnc2sc(N3CC4CCC(O)CC4C3)nn12. The van der Waals surface area contributed by atoms with Crippen LogP contribution in [0.25, 0.3) is 4.96 Å². The van der Waals surface area contributed by atoms with E-state index in [9.17, 15) is 5.11 Å². The van der Waals surface area contributed by atoms with Gasteiger partial charge in [-0.05, 0) is 38.0 Å². The van der Waals surface area contributed by atoms with Crippen LogP contribution in [-0.2, 0) is 0 Å². The number of aryl methyl sites for hydroxylation is 1. The van der Waals surface area contributed by atoms with Crippen molar-refractivity contribution >= 4 is 21.4 Å². The zero-order chi connectivity index (χ0) is 13.0. The van der Waals surface area contributed by atoms with Crippen LogP contribution >= 0.6 is 11.3 Å². The third-order valence-electron chi connectivity index (χ3n) is 4.54. The lowest BCUT2D eigenvalue weighted by atomic mass is 9.80. The van der Waals surface area contributed by atoms with E-state index in [0.717, 1.165) is 54.1 Å². The fourth-order valence-corrected chi connectivity index (χ4v) is 4.42. The van der Waals surface area contributed by atoms with Gasteiger partial charge in [0.1, 0.15) is 0 Å². The molecule has 6 heteroatoms. The van der Waals surface area contributed by atoms with Gasteiger partial charge < -0.3 is 10.0 Å². The quantitative estimate of drug-likeness (QED) is 0.862. The van der Waals surface area contributed by atoms with E-state index in [0.29, 0.717) is 5.92 Å². The molecule has 19 heavy (non-hydrogen) atoms. The molecule has 3 heterocycles. The summed E-state index contributed by atoms with van der Waals surface area (Å²) in [7, 11) is 0. The van der Waals surface area contributed by atoms with Crippen molar-refractivity contribution in [2.45, 2.75) is 32.3 Å². The summed E-state index contributed by atoms with van der Waals surface area (Å²) in [5.74, 6) is 1.38. The molecular formula is C13H18N4OS. The molecule has 2 fully saturated rings. The van der Waals surface area contributed by atoms with Gasteiger partial charge in [0.2, 0.25) is 10.1 Å². The van der Waals surface area contributed by atoms with Gasteiger partial charge in [0.05, 0.1) is 18.0 Å². The molecule has 0 spiro atoms. The normalized spacial score (nSPS) is 31.1. The number of aromatic nitrogens is 3. The van der Waals surface area contributed by atoms with E-state index in [1.807, 2.05) is 17.6 Å². The first-order valence-electron chi connectivity index (χ1n) is 6.95. The predicted molar refractivity (Wildman–Crippen MR) is 74.7 cm³/mol. The number of imidazole rings is 1. The topological polar surface area (TPSA) is 53.7 Å². The lowest BCUT2D eigenvalue weighted by Crippen LogP contribution is -2.26. The van der Waals surface area contributed by atoms with E-state index >= 15 is 0 Å². The van der Waals surface area contributed by atoms with Gasteiger partial charge in [-0.25, -0.2) is 9.50 Å². The van der Waals surface area contributed by atoms with Crippen LogP contribution in [0.1, 0.15) is 25.0 Å². The van der Waals surface area contributed by atoms with Gasteiger partial charge >= 0.3 is 0 Å². The summed E-state index contributed by atoms with van der Waals surface area (Å²) in [4.78, 5) is 7.72. The predicted octanol–water partition coefficient (Wildman–Crippen LogP) is 1.70. The van der Waals surface area contributed by atoms with Crippen LogP contribution in [0.15, 0.2) is 6.20 Å². The highest BCUT2D eigenvalue weighted by Gasteiger charge is 2.38. The number of aliphatic hydroxyl groups excluding tert-OH is 1.